The number of hydrogen-bond acceptors (Lipinski definition) is 5. The molecule has 0 bridgehead atoms. The van der Waals surface area contributed by atoms with Crippen LogP contribution in [0.1, 0.15) is 23.0 Å². The highest BCUT2D eigenvalue weighted by atomic mass is 32.2. The lowest BCUT2D eigenvalue weighted by Crippen LogP contribution is -2.55. The second-order valence-electron chi connectivity index (χ2n) is 6.39. The van der Waals surface area contributed by atoms with Crippen LogP contribution in [0.2, 0.25) is 0 Å². The van der Waals surface area contributed by atoms with Gasteiger partial charge < -0.3 is 10.0 Å². The molecule has 0 aliphatic carbocycles. The Kier molecular flexibility index (Phi) is 4.97. The van der Waals surface area contributed by atoms with E-state index in [1.165, 1.54) is 28.6 Å². The summed E-state index contributed by atoms with van der Waals surface area (Å²) in [5.41, 5.74) is 1.33. The van der Waals surface area contributed by atoms with Crippen molar-refractivity contribution in [1.82, 2.24) is 14.2 Å². The quantitative estimate of drug-likeness (QED) is 0.881. The fraction of sp³-hybridized carbons (Fsp3) is 0.333. The molecule has 8 heteroatoms. The number of sulfonamides is 1. The van der Waals surface area contributed by atoms with Crippen molar-refractivity contribution in [2.24, 2.45) is 0 Å². The van der Waals surface area contributed by atoms with Crippen LogP contribution in [0.15, 0.2) is 47.5 Å². The van der Waals surface area contributed by atoms with Crippen molar-refractivity contribution in [3.05, 3.63) is 53.9 Å². The van der Waals surface area contributed by atoms with Crippen molar-refractivity contribution in [1.29, 1.82) is 0 Å². The van der Waals surface area contributed by atoms with Crippen LogP contribution < -0.4 is 0 Å². The van der Waals surface area contributed by atoms with E-state index >= 15 is 0 Å². The van der Waals surface area contributed by atoms with Crippen LogP contribution >= 0.6 is 0 Å². The van der Waals surface area contributed by atoms with E-state index in [0.29, 0.717) is 12.1 Å². The number of rotatable bonds is 3. The van der Waals surface area contributed by atoms with Gasteiger partial charge in [-0.3, -0.25) is 9.78 Å². The summed E-state index contributed by atoms with van der Waals surface area (Å²) in [7, 11) is -3.66. The number of aromatic hydroxyl groups is 1. The summed E-state index contributed by atoms with van der Waals surface area (Å²) >= 11 is 0. The first kappa shape index (κ1) is 18.3. The van der Waals surface area contributed by atoms with E-state index in [1.807, 2.05) is 13.8 Å². The maximum absolute atomic E-state index is 12.8. The topological polar surface area (TPSA) is 90.8 Å². The number of carbonyl (C=O) groups is 1. The minimum Gasteiger partial charge on any atom is -0.508 e. The van der Waals surface area contributed by atoms with Gasteiger partial charge in [-0.2, -0.15) is 4.31 Å². The third-order valence-corrected chi connectivity index (χ3v) is 6.36. The predicted molar refractivity (Wildman–Crippen MR) is 96.3 cm³/mol. The average molecular weight is 375 g/mol. The number of amides is 1. The molecule has 2 heterocycles. The van der Waals surface area contributed by atoms with Gasteiger partial charge in [0.2, 0.25) is 10.0 Å². The molecule has 1 N–H and O–H groups in total. The SMILES string of the molecule is Cc1ccc(C(=O)N2CCN(S(=O)(=O)c3ccc(O)cc3)C[C@@H]2C)cn1. The molecule has 2 aromatic rings. The van der Waals surface area contributed by atoms with Crippen LogP contribution in [0.4, 0.5) is 0 Å². The number of phenolic OH excluding ortho intramolecular Hbond substituents is 1. The van der Waals surface area contributed by atoms with Crippen molar-refractivity contribution in [2.45, 2.75) is 24.8 Å². The fourth-order valence-electron chi connectivity index (χ4n) is 2.97. The lowest BCUT2D eigenvalue weighted by Gasteiger charge is -2.39. The zero-order valence-electron chi connectivity index (χ0n) is 14.7. The Hall–Kier alpha value is -2.45. The third kappa shape index (κ3) is 3.56. The van der Waals surface area contributed by atoms with Gasteiger partial charge in [0, 0.05) is 37.6 Å². The number of phenols is 1. The first-order chi connectivity index (χ1) is 12.3. The molecular formula is C18H21N3O4S. The van der Waals surface area contributed by atoms with Crippen LogP contribution in [0.3, 0.4) is 0 Å². The molecule has 0 spiro atoms. The molecular weight excluding hydrogens is 354 g/mol. The molecule has 0 saturated carbocycles. The summed E-state index contributed by atoms with van der Waals surface area (Å²) in [5, 5.41) is 9.34. The van der Waals surface area contributed by atoms with E-state index in [9.17, 15) is 18.3 Å². The van der Waals surface area contributed by atoms with E-state index in [4.69, 9.17) is 0 Å². The van der Waals surface area contributed by atoms with E-state index in [-0.39, 0.29) is 35.7 Å². The molecule has 1 aliphatic heterocycles. The molecule has 3 rings (SSSR count). The Morgan fingerprint density at radius 2 is 1.85 bits per heavy atom. The molecule has 1 aromatic heterocycles. The number of benzene rings is 1. The van der Waals surface area contributed by atoms with Gasteiger partial charge in [0.15, 0.2) is 0 Å². The minimum absolute atomic E-state index is 0.0134. The fourth-order valence-corrected chi connectivity index (χ4v) is 4.48. The Balaban J connectivity index is 1.74. The van der Waals surface area contributed by atoms with E-state index in [2.05, 4.69) is 4.98 Å². The van der Waals surface area contributed by atoms with Gasteiger partial charge in [0.1, 0.15) is 5.75 Å². The molecule has 0 unspecified atom stereocenters. The Morgan fingerprint density at radius 3 is 2.42 bits per heavy atom. The van der Waals surface area contributed by atoms with E-state index in [1.54, 1.807) is 23.2 Å². The largest absolute Gasteiger partial charge is 0.508 e. The molecule has 1 amide bonds. The number of nitrogens with zero attached hydrogens (tertiary/aromatic N) is 3. The zero-order chi connectivity index (χ0) is 18.9. The minimum atomic E-state index is -3.66. The average Bonchev–Trinajstić information content (AvgIpc) is 2.62. The van der Waals surface area contributed by atoms with Crippen LogP contribution in [-0.4, -0.2) is 59.3 Å². The monoisotopic (exact) mass is 375 g/mol. The Morgan fingerprint density at radius 1 is 1.15 bits per heavy atom. The molecule has 1 aromatic carbocycles. The van der Waals surface area contributed by atoms with Gasteiger partial charge in [-0.1, -0.05) is 0 Å². The van der Waals surface area contributed by atoms with Crippen LogP contribution in [0.5, 0.6) is 5.75 Å². The van der Waals surface area contributed by atoms with Crippen molar-refractivity contribution < 1.29 is 18.3 Å². The summed E-state index contributed by atoms with van der Waals surface area (Å²) in [6, 6.07) is 8.71. The Labute approximate surface area is 152 Å². The molecule has 1 atom stereocenters. The van der Waals surface area contributed by atoms with Gasteiger partial charge in [-0.05, 0) is 50.2 Å². The number of aromatic nitrogens is 1. The molecule has 26 heavy (non-hydrogen) atoms. The second kappa shape index (κ2) is 7.05. The van der Waals surface area contributed by atoms with Gasteiger partial charge >= 0.3 is 0 Å². The molecule has 1 saturated heterocycles. The van der Waals surface area contributed by atoms with E-state index in [0.717, 1.165) is 5.69 Å². The Bertz CT molecular complexity index is 895. The lowest BCUT2D eigenvalue weighted by atomic mass is 10.1. The molecule has 138 valence electrons. The van der Waals surface area contributed by atoms with Crippen molar-refractivity contribution >= 4 is 15.9 Å². The first-order valence-electron chi connectivity index (χ1n) is 8.32. The second-order valence-corrected chi connectivity index (χ2v) is 8.33. The number of carbonyl (C=O) groups excluding carboxylic acids is 1. The molecule has 7 nitrogen and oxygen atoms in total. The van der Waals surface area contributed by atoms with Gasteiger partial charge in [0.05, 0.1) is 10.5 Å². The summed E-state index contributed by atoms with van der Waals surface area (Å²) in [4.78, 5) is 18.6. The number of piperazine rings is 1. The van der Waals surface area contributed by atoms with Crippen molar-refractivity contribution in [3.63, 3.8) is 0 Å². The van der Waals surface area contributed by atoms with Crippen LogP contribution in [-0.2, 0) is 10.0 Å². The predicted octanol–water partition coefficient (Wildman–Crippen LogP) is 1.63. The molecule has 1 fully saturated rings. The number of pyridine rings is 1. The summed E-state index contributed by atoms with van der Waals surface area (Å²) in [5.74, 6) is -0.133. The highest BCUT2D eigenvalue weighted by Crippen LogP contribution is 2.22. The van der Waals surface area contributed by atoms with Crippen molar-refractivity contribution in [3.8, 4) is 5.75 Å². The highest BCUT2D eigenvalue weighted by molar-refractivity contribution is 7.89. The summed E-state index contributed by atoms with van der Waals surface area (Å²) in [6.07, 6.45) is 1.55. The van der Waals surface area contributed by atoms with E-state index < -0.39 is 10.0 Å². The van der Waals surface area contributed by atoms with Crippen LogP contribution in [0, 0.1) is 6.92 Å². The summed E-state index contributed by atoms with van der Waals surface area (Å²) < 4.78 is 26.9. The van der Waals surface area contributed by atoms with Gasteiger partial charge in [-0.15, -0.1) is 0 Å². The standard InChI is InChI=1S/C18H21N3O4S/c1-13-3-4-15(11-19-13)18(23)21-10-9-20(12-14(21)2)26(24,25)17-7-5-16(22)6-8-17/h3-8,11,14,22H,9-10,12H2,1-2H3/t14-/m0/s1. The number of hydrogen-bond donors (Lipinski definition) is 1. The molecule has 1 aliphatic rings. The van der Waals surface area contributed by atoms with Crippen molar-refractivity contribution in [2.75, 3.05) is 19.6 Å². The van der Waals surface area contributed by atoms with Gasteiger partial charge in [0.25, 0.3) is 5.91 Å². The normalized spacial score (nSPS) is 18.7. The first-order valence-corrected chi connectivity index (χ1v) is 9.76. The smallest absolute Gasteiger partial charge is 0.255 e. The zero-order valence-corrected chi connectivity index (χ0v) is 15.5. The van der Waals surface area contributed by atoms with Gasteiger partial charge in [-0.25, -0.2) is 8.42 Å². The maximum atomic E-state index is 12.8. The molecule has 0 radical (unpaired) electrons. The maximum Gasteiger partial charge on any atom is 0.255 e. The highest BCUT2D eigenvalue weighted by Gasteiger charge is 2.34. The van der Waals surface area contributed by atoms with Crippen LogP contribution in [0.25, 0.3) is 0 Å². The lowest BCUT2D eigenvalue weighted by molar-refractivity contribution is 0.0591. The third-order valence-electron chi connectivity index (χ3n) is 4.48. The summed E-state index contributed by atoms with van der Waals surface area (Å²) in [6.45, 7) is 4.43. The number of aryl methyl sites for hydroxylation is 1.